The largest absolute Gasteiger partial charge is 0.337 e. The number of aryl methyl sites for hydroxylation is 1. The van der Waals surface area contributed by atoms with E-state index in [1.54, 1.807) is 0 Å². The number of hydrogen-bond donors (Lipinski definition) is 2. The molecule has 1 aromatic heterocycles. The van der Waals surface area contributed by atoms with Crippen LogP contribution < -0.4 is 10.9 Å². The van der Waals surface area contributed by atoms with E-state index in [1.807, 2.05) is 30.3 Å². The molecule has 0 aliphatic carbocycles. The molecule has 5 nitrogen and oxygen atoms in total. The van der Waals surface area contributed by atoms with Gasteiger partial charge in [-0.25, -0.2) is 10.9 Å². The fraction of sp³-hybridized carbons (Fsp3) is 0.222. The molecule has 1 aliphatic heterocycles. The Labute approximate surface area is 134 Å². The molecule has 0 spiro atoms. The average molecular weight is 306 g/mol. The summed E-state index contributed by atoms with van der Waals surface area (Å²) in [4.78, 5) is 4.53. The van der Waals surface area contributed by atoms with E-state index in [2.05, 4.69) is 52.2 Å². The Balaban J connectivity index is 1.52. The van der Waals surface area contributed by atoms with Crippen LogP contribution >= 0.6 is 0 Å². The first-order chi connectivity index (χ1) is 11.3. The summed E-state index contributed by atoms with van der Waals surface area (Å²) in [5.41, 5.74) is 10.1. The standard InChI is InChI=1S/C18H18N4O/c1-12-7-5-6-10-14(12)15-11-16(21-20-15)18-19-17(22-23-18)13-8-3-2-4-9-13/h2-10,15-16,20-21H,11H2,1H3. The first-order valence-electron chi connectivity index (χ1n) is 7.77. The molecule has 0 amide bonds. The zero-order valence-electron chi connectivity index (χ0n) is 12.9. The number of rotatable bonds is 3. The number of hydrogen-bond acceptors (Lipinski definition) is 5. The molecule has 1 fully saturated rings. The summed E-state index contributed by atoms with van der Waals surface area (Å²) in [6, 6.07) is 18.5. The fourth-order valence-electron chi connectivity index (χ4n) is 2.98. The molecule has 116 valence electrons. The van der Waals surface area contributed by atoms with Gasteiger partial charge in [0.1, 0.15) is 6.04 Å². The molecule has 2 heterocycles. The van der Waals surface area contributed by atoms with Crippen LogP contribution in [0.5, 0.6) is 0 Å². The molecule has 0 bridgehead atoms. The summed E-state index contributed by atoms with van der Waals surface area (Å²) in [6.07, 6.45) is 0.876. The van der Waals surface area contributed by atoms with Gasteiger partial charge in [0.25, 0.3) is 0 Å². The van der Waals surface area contributed by atoms with Gasteiger partial charge in [0.2, 0.25) is 11.7 Å². The van der Waals surface area contributed by atoms with Gasteiger partial charge in [-0.3, -0.25) is 0 Å². The van der Waals surface area contributed by atoms with E-state index >= 15 is 0 Å². The lowest BCUT2D eigenvalue weighted by Gasteiger charge is -2.12. The summed E-state index contributed by atoms with van der Waals surface area (Å²) in [7, 11) is 0. The van der Waals surface area contributed by atoms with Crippen LogP contribution in [-0.2, 0) is 0 Å². The molecular weight excluding hydrogens is 288 g/mol. The molecule has 4 rings (SSSR count). The molecular formula is C18H18N4O. The summed E-state index contributed by atoms with van der Waals surface area (Å²) in [6.45, 7) is 2.13. The van der Waals surface area contributed by atoms with E-state index in [4.69, 9.17) is 4.52 Å². The Morgan fingerprint density at radius 1 is 0.957 bits per heavy atom. The highest BCUT2D eigenvalue weighted by Gasteiger charge is 2.30. The van der Waals surface area contributed by atoms with Crippen LogP contribution in [0.2, 0.25) is 0 Å². The predicted octanol–water partition coefficient (Wildman–Crippen LogP) is 3.33. The first-order valence-corrected chi connectivity index (χ1v) is 7.77. The summed E-state index contributed by atoms with van der Waals surface area (Å²) in [5, 5.41) is 4.09. The number of nitrogens with zero attached hydrogens (tertiary/aromatic N) is 2. The van der Waals surface area contributed by atoms with Crippen molar-refractivity contribution < 1.29 is 4.52 Å². The van der Waals surface area contributed by atoms with Crippen LogP contribution in [0, 0.1) is 6.92 Å². The Kier molecular flexibility index (Phi) is 3.65. The minimum atomic E-state index is 0.0181. The molecule has 0 radical (unpaired) electrons. The molecule has 2 N–H and O–H groups in total. The van der Waals surface area contributed by atoms with Gasteiger partial charge in [-0.15, -0.1) is 0 Å². The Bertz CT molecular complexity index is 800. The van der Waals surface area contributed by atoms with Crippen LogP contribution in [0.4, 0.5) is 0 Å². The summed E-state index contributed by atoms with van der Waals surface area (Å²) in [5.74, 6) is 1.24. The molecule has 1 saturated heterocycles. The zero-order chi connectivity index (χ0) is 15.6. The zero-order valence-corrected chi connectivity index (χ0v) is 12.9. The smallest absolute Gasteiger partial charge is 0.245 e. The molecule has 2 atom stereocenters. The second-order valence-corrected chi connectivity index (χ2v) is 5.81. The van der Waals surface area contributed by atoms with E-state index in [-0.39, 0.29) is 12.1 Å². The molecule has 3 aromatic rings. The maximum absolute atomic E-state index is 5.45. The van der Waals surface area contributed by atoms with Gasteiger partial charge >= 0.3 is 0 Å². The van der Waals surface area contributed by atoms with Crippen molar-refractivity contribution in [3.05, 3.63) is 71.6 Å². The summed E-state index contributed by atoms with van der Waals surface area (Å²) < 4.78 is 5.45. The quantitative estimate of drug-likeness (QED) is 0.777. The highest BCUT2D eigenvalue weighted by atomic mass is 16.5. The normalized spacial score (nSPS) is 20.7. The van der Waals surface area contributed by atoms with Crippen LogP contribution in [0.15, 0.2) is 59.1 Å². The minimum absolute atomic E-state index is 0.0181. The predicted molar refractivity (Wildman–Crippen MR) is 87.3 cm³/mol. The van der Waals surface area contributed by atoms with Gasteiger partial charge in [-0.2, -0.15) is 4.98 Å². The Morgan fingerprint density at radius 2 is 1.70 bits per heavy atom. The third-order valence-electron chi connectivity index (χ3n) is 4.24. The van der Waals surface area contributed by atoms with Gasteiger partial charge in [0.15, 0.2) is 0 Å². The third-order valence-corrected chi connectivity index (χ3v) is 4.24. The van der Waals surface area contributed by atoms with Crippen molar-refractivity contribution in [2.24, 2.45) is 0 Å². The average Bonchev–Trinajstić information content (AvgIpc) is 3.25. The number of aromatic nitrogens is 2. The highest BCUT2D eigenvalue weighted by Crippen LogP contribution is 2.32. The van der Waals surface area contributed by atoms with E-state index < -0.39 is 0 Å². The third kappa shape index (κ3) is 2.76. The lowest BCUT2D eigenvalue weighted by molar-refractivity contribution is 0.340. The second-order valence-electron chi connectivity index (χ2n) is 5.81. The highest BCUT2D eigenvalue weighted by molar-refractivity contribution is 5.53. The van der Waals surface area contributed by atoms with E-state index in [0.29, 0.717) is 11.7 Å². The first kappa shape index (κ1) is 14.1. The van der Waals surface area contributed by atoms with E-state index in [0.717, 1.165) is 12.0 Å². The molecule has 5 heteroatoms. The number of nitrogens with one attached hydrogen (secondary N) is 2. The summed E-state index contributed by atoms with van der Waals surface area (Å²) >= 11 is 0. The fourth-order valence-corrected chi connectivity index (χ4v) is 2.98. The minimum Gasteiger partial charge on any atom is -0.337 e. The van der Waals surface area contributed by atoms with Crippen molar-refractivity contribution in [1.29, 1.82) is 0 Å². The number of benzene rings is 2. The Hall–Kier alpha value is -2.50. The SMILES string of the molecule is Cc1ccccc1C1CC(c2nc(-c3ccccc3)no2)NN1. The lowest BCUT2D eigenvalue weighted by Crippen LogP contribution is -2.27. The monoisotopic (exact) mass is 306 g/mol. The van der Waals surface area contributed by atoms with Gasteiger partial charge in [-0.1, -0.05) is 59.8 Å². The number of hydrazine groups is 1. The second kappa shape index (κ2) is 5.95. The van der Waals surface area contributed by atoms with E-state index in [1.165, 1.54) is 11.1 Å². The van der Waals surface area contributed by atoms with Gasteiger partial charge in [0.05, 0.1) is 0 Å². The van der Waals surface area contributed by atoms with Crippen molar-refractivity contribution >= 4 is 0 Å². The van der Waals surface area contributed by atoms with Crippen molar-refractivity contribution in [3.63, 3.8) is 0 Å². The maximum atomic E-state index is 5.45. The molecule has 23 heavy (non-hydrogen) atoms. The van der Waals surface area contributed by atoms with Crippen LogP contribution in [0.1, 0.15) is 35.5 Å². The maximum Gasteiger partial charge on any atom is 0.245 e. The molecule has 0 saturated carbocycles. The van der Waals surface area contributed by atoms with Crippen molar-refractivity contribution in [3.8, 4) is 11.4 Å². The van der Waals surface area contributed by atoms with E-state index in [9.17, 15) is 0 Å². The van der Waals surface area contributed by atoms with Gasteiger partial charge in [0, 0.05) is 11.6 Å². The van der Waals surface area contributed by atoms with Crippen molar-refractivity contribution in [1.82, 2.24) is 21.0 Å². The lowest BCUT2D eigenvalue weighted by atomic mass is 9.98. The van der Waals surface area contributed by atoms with Crippen LogP contribution in [0.3, 0.4) is 0 Å². The van der Waals surface area contributed by atoms with Crippen molar-refractivity contribution in [2.75, 3.05) is 0 Å². The van der Waals surface area contributed by atoms with Crippen LogP contribution in [0.25, 0.3) is 11.4 Å². The molecule has 1 aliphatic rings. The van der Waals surface area contributed by atoms with Crippen molar-refractivity contribution in [2.45, 2.75) is 25.4 Å². The van der Waals surface area contributed by atoms with Crippen LogP contribution in [-0.4, -0.2) is 10.1 Å². The Morgan fingerprint density at radius 3 is 2.52 bits per heavy atom. The molecule has 2 aromatic carbocycles. The van der Waals surface area contributed by atoms with Gasteiger partial charge in [-0.05, 0) is 24.5 Å². The topological polar surface area (TPSA) is 63.0 Å². The van der Waals surface area contributed by atoms with Gasteiger partial charge < -0.3 is 4.52 Å². The molecule has 2 unspecified atom stereocenters.